The van der Waals surface area contributed by atoms with Crippen molar-refractivity contribution in [1.82, 2.24) is 0 Å². The molecule has 0 fully saturated rings. The number of hydrogen-bond donors (Lipinski definition) is 1. The van der Waals surface area contributed by atoms with Crippen LogP contribution in [0.5, 0.6) is 0 Å². The molecule has 2 rings (SSSR count). The molecule has 3 nitrogen and oxygen atoms in total. The molecular weight excluding hydrogens is 283 g/mol. The van der Waals surface area contributed by atoms with Gasteiger partial charge in [-0.3, -0.25) is 4.55 Å². The molecule has 5 heteroatoms. The fourth-order valence-corrected chi connectivity index (χ4v) is 1.77. The SMILES string of the molecule is Cc1[c-]cc(C)cc1.Cc1ccc(S(=O)(=O)O)cc1.[Na+]. The fourth-order valence-electron chi connectivity index (χ4n) is 1.29. The van der Waals surface area contributed by atoms with Crippen LogP contribution < -0.4 is 29.6 Å². The van der Waals surface area contributed by atoms with Crippen LogP contribution in [0, 0.1) is 26.8 Å². The van der Waals surface area contributed by atoms with E-state index < -0.39 is 10.1 Å². The van der Waals surface area contributed by atoms with Crippen molar-refractivity contribution in [3.05, 3.63) is 65.2 Å². The zero-order chi connectivity index (χ0) is 14.5. The van der Waals surface area contributed by atoms with Crippen molar-refractivity contribution < 1.29 is 42.5 Å². The minimum atomic E-state index is -4.02. The van der Waals surface area contributed by atoms with Crippen LogP contribution >= 0.6 is 0 Å². The first-order chi connectivity index (χ1) is 8.79. The average molecular weight is 300 g/mol. The second-order valence-corrected chi connectivity index (χ2v) is 5.76. The van der Waals surface area contributed by atoms with Crippen molar-refractivity contribution in [3.63, 3.8) is 0 Å². The van der Waals surface area contributed by atoms with Crippen molar-refractivity contribution in [1.29, 1.82) is 0 Å². The summed E-state index contributed by atoms with van der Waals surface area (Å²) in [5.74, 6) is 0. The molecule has 0 saturated carbocycles. The maximum absolute atomic E-state index is 10.5. The summed E-state index contributed by atoms with van der Waals surface area (Å²) < 4.78 is 29.6. The molecule has 0 aliphatic carbocycles. The summed E-state index contributed by atoms with van der Waals surface area (Å²) in [5, 5.41) is 0. The molecule has 0 atom stereocenters. The van der Waals surface area contributed by atoms with E-state index in [0.29, 0.717) is 0 Å². The van der Waals surface area contributed by atoms with E-state index in [2.05, 4.69) is 25.1 Å². The van der Waals surface area contributed by atoms with E-state index in [1.165, 1.54) is 23.3 Å². The molecule has 0 spiro atoms. The largest absolute Gasteiger partial charge is 1.00 e. The van der Waals surface area contributed by atoms with Crippen molar-refractivity contribution in [2.75, 3.05) is 0 Å². The second kappa shape index (κ2) is 8.60. The number of benzene rings is 2. The molecule has 0 unspecified atom stereocenters. The molecule has 2 aromatic rings. The predicted molar refractivity (Wildman–Crippen MR) is 75.7 cm³/mol. The standard InChI is InChI=1S/C8H9.C7H8O3S.Na/c1-7-3-5-8(2)6-4-7;1-6-2-4-7(5-3-6)11(8,9)10;/h3-5H,1-2H3;2-5H,1H3,(H,8,9,10);/q-1;;+1. The first-order valence-electron chi connectivity index (χ1n) is 5.78. The molecule has 1 N–H and O–H groups in total. The van der Waals surface area contributed by atoms with E-state index in [1.807, 2.05) is 19.9 Å². The Morgan fingerprint density at radius 2 is 1.40 bits per heavy atom. The smallest absolute Gasteiger partial charge is 0.282 e. The topological polar surface area (TPSA) is 54.4 Å². The molecular formula is C15H17NaO3S. The van der Waals surface area contributed by atoms with Crippen LogP contribution in [-0.2, 0) is 10.1 Å². The quantitative estimate of drug-likeness (QED) is 0.470. The summed E-state index contributed by atoms with van der Waals surface area (Å²) in [6.07, 6.45) is 0. The first kappa shape index (κ1) is 19.4. The van der Waals surface area contributed by atoms with Crippen LogP contribution in [-0.4, -0.2) is 13.0 Å². The van der Waals surface area contributed by atoms with Crippen LogP contribution in [0.1, 0.15) is 16.7 Å². The predicted octanol–water partition coefficient (Wildman–Crippen LogP) is 0.349. The molecule has 0 saturated heterocycles. The molecule has 0 amide bonds. The van der Waals surface area contributed by atoms with Gasteiger partial charge in [0.2, 0.25) is 0 Å². The monoisotopic (exact) mass is 300 g/mol. The van der Waals surface area contributed by atoms with E-state index in [9.17, 15) is 8.42 Å². The zero-order valence-electron chi connectivity index (χ0n) is 12.2. The minimum Gasteiger partial charge on any atom is -0.282 e. The third-order valence-electron chi connectivity index (χ3n) is 2.44. The van der Waals surface area contributed by atoms with Gasteiger partial charge in [0, 0.05) is 0 Å². The molecule has 2 aromatic carbocycles. The molecule has 0 radical (unpaired) electrons. The Kier molecular flexibility index (Phi) is 8.32. The fraction of sp³-hybridized carbons (Fsp3) is 0.200. The van der Waals surface area contributed by atoms with Gasteiger partial charge in [-0.1, -0.05) is 31.5 Å². The van der Waals surface area contributed by atoms with Crippen molar-refractivity contribution in [2.24, 2.45) is 0 Å². The summed E-state index contributed by atoms with van der Waals surface area (Å²) in [7, 11) is -4.02. The Morgan fingerprint density at radius 1 is 0.900 bits per heavy atom. The Morgan fingerprint density at radius 3 is 1.75 bits per heavy atom. The molecule has 0 heterocycles. The van der Waals surface area contributed by atoms with E-state index in [1.54, 1.807) is 12.1 Å². The summed E-state index contributed by atoms with van der Waals surface area (Å²) in [5.41, 5.74) is 3.43. The number of rotatable bonds is 1. The molecule has 20 heavy (non-hydrogen) atoms. The van der Waals surface area contributed by atoms with Crippen LogP contribution in [0.15, 0.2) is 47.4 Å². The first-order valence-corrected chi connectivity index (χ1v) is 7.22. The molecule has 102 valence electrons. The van der Waals surface area contributed by atoms with Crippen molar-refractivity contribution in [3.8, 4) is 0 Å². The zero-order valence-corrected chi connectivity index (χ0v) is 15.0. The van der Waals surface area contributed by atoms with E-state index >= 15 is 0 Å². The maximum Gasteiger partial charge on any atom is 1.00 e. The Labute approximate surface area is 143 Å². The average Bonchev–Trinajstić information content (AvgIpc) is 2.33. The Hall–Kier alpha value is -0.650. The summed E-state index contributed by atoms with van der Waals surface area (Å²) in [6.45, 7) is 5.95. The molecule has 0 aliphatic heterocycles. The summed E-state index contributed by atoms with van der Waals surface area (Å²) in [6, 6.07) is 15.2. The summed E-state index contributed by atoms with van der Waals surface area (Å²) >= 11 is 0. The van der Waals surface area contributed by atoms with Crippen LogP contribution in [0.3, 0.4) is 0 Å². The van der Waals surface area contributed by atoms with Crippen molar-refractivity contribution in [2.45, 2.75) is 25.7 Å². The van der Waals surface area contributed by atoms with Gasteiger partial charge in [-0.15, -0.1) is 0 Å². The van der Waals surface area contributed by atoms with Crippen LogP contribution in [0.4, 0.5) is 0 Å². The van der Waals surface area contributed by atoms with Gasteiger partial charge >= 0.3 is 29.6 Å². The van der Waals surface area contributed by atoms with Gasteiger partial charge < -0.3 is 0 Å². The van der Waals surface area contributed by atoms with Gasteiger partial charge in [0.15, 0.2) is 0 Å². The van der Waals surface area contributed by atoms with E-state index in [0.717, 1.165) is 5.56 Å². The summed E-state index contributed by atoms with van der Waals surface area (Å²) in [4.78, 5) is -0.0666. The third kappa shape index (κ3) is 7.22. The van der Waals surface area contributed by atoms with Gasteiger partial charge in [-0.25, -0.2) is 0 Å². The van der Waals surface area contributed by atoms with Crippen LogP contribution in [0.25, 0.3) is 0 Å². The van der Waals surface area contributed by atoms with Gasteiger partial charge in [0.1, 0.15) is 0 Å². The molecule has 0 aliphatic rings. The van der Waals surface area contributed by atoms with E-state index in [4.69, 9.17) is 4.55 Å². The molecule has 0 bridgehead atoms. The minimum absolute atomic E-state index is 0. The number of aryl methyl sites for hydroxylation is 3. The van der Waals surface area contributed by atoms with Crippen LogP contribution in [0.2, 0.25) is 0 Å². The third-order valence-corrected chi connectivity index (χ3v) is 3.31. The maximum atomic E-state index is 10.5. The number of hydrogen-bond acceptors (Lipinski definition) is 2. The normalized spacial score (nSPS) is 10.0. The van der Waals surface area contributed by atoms with Crippen molar-refractivity contribution >= 4 is 10.1 Å². The van der Waals surface area contributed by atoms with Gasteiger partial charge in [0.25, 0.3) is 10.1 Å². The second-order valence-electron chi connectivity index (χ2n) is 4.34. The Balaban J connectivity index is 0.000000359. The van der Waals surface area contributed by atoms with Gasteiger partial charge in [-0.05, 0) is 19.1 Å². The Bertz CT molecular complexity index is 596. The van der Waals surface area contributed by atoms with Gasteiger partial charge in [-0.2, -0.15) is 43.8 Å². The van der Waals surface area contributed by atoms with Gasteiger partial charge in [0.05, 0.1) is 4.90 Å². The van der Waals surface area contributed by atoms with E-state index in [-0.39, 0.29) is 34.5 Å². The molecule has 0 aromatic heterocycles.